The van der Waals surface area contributed by atoms with E-state index < -0.39 is 0 Å². The minimum Gasteiger partial charge on any atom is -0.356 e. The summed E-state index contributed by atoms with van der Waals surface area (Å²) in [5.74, 6) is 0.312. The number of carbonyl (C=O) groups excluding carboxylic acids is 2. The lowest BCUT2D eigenvalue weighted by atomic mass is 10.1. The molecule has 0 spiro atoms. The van der Waals surface area contributed by atoms with Crippen LogP contribution in [-0.4, -0.2) is 22.8 Å². The molecule has 18 heavy (non-hydrogen) atoms. The van der Waals surface area contributed by atoms with Gasteiger partial charge in [0.05, 0.1) is 0 Å². The number of Topliss-reactive ketones (excluding diaryl/α,β-unsaturated/α-hetero) is 1. The SMILES string of the molecule is CCNC(=O)CCn1cc2c(c1)C(=O)CCCC2. The number of nitrogens with zero attached hydrogens (tertiary/aromatic N) is 1. The number of rotatable bonds is 4. The zero-order valence-corrected chi connectivity index (χ0v) is 10.9. The maximum Gasteiger partial charge on any atom is 0.221 e. The monoisotopic (exact) mass is 248 g/mol. The zero-order chi connectivity index (χ0) is 13.0. The van der Waals surface area contributed by atoms with Gasteiger partial charge in [0.2, 0.25) is 5.91 Å². The van der Waals surface area contributed by atoms with Crippen molar-refractivity contribution in [2.75, 3.05) is 6.54 Å². The first kappa shape index (κ1) is 12.9. The van der Waals surface area contributed by atoms with Gasteiger partial charge in [-0.3, -0.25) is 9.59 Å². The highest BCUT2D eigenvalue weighted by Crippen LogP contribution is 2.21. The molecule has 0 unspecified atom stereocenters. The summed E-state index contributed by atoms with van der Waals surface area (Å²) in [6.07, 6.45) is 8.11. The predicted octanol–water partition coefficient (Wildman–Crippen LogP) is 1.92. The Kier molecular flexibility index (Phi) is 4.18. The Morgan fingerprint density at radius 2 is 2.11 bits per heavy atom. The van der Waals surface area contributed by atoms with E-state index in [9.17, 15) is 9.59 Å². The van der Waals surface area contributed by atoms with Crippen LogP contribution in [0, 0.1) is 0 Å². The molecular formula is C14H20N2O2. The van der Waals surface area contributed by atoms with E-state index in [1.54, 1.807) is 0 Å². The molecule has 1 aliphatic rings. The van der Waals surface area contributed by atoms with Crippen LogP contribution in [0.3, 0.4) is 0 Å². The second-order valence-corrected chi connectivity index (χ2v) is 4.77. The van der Waals surface area contributed by atoms with Gasteiger partial charge in [-0.15, -0.1) is 0 Å². The van der Waals surface area contributed by atoms with E-state index in [0.29, 0.717) is 25.9 Å². The average Bonchev–Trinajstić information content (AvgIpc) is 2.68. The van der Waals surface area contributed by atoms with Crippen LogP contribution < -0.4 is 5.32 Å². The van der Waals surface area contributed by atoms with Crippen LogP contribution in [0.25, 0.3) is 0 Å². The van der Waals surface area contributed by atoms with E-state index in [4.69, 9.17) is 0 Å². The first-order valence-electron chi connectivity index (χ1n) is 6.69. The van der Waals surface area contributed by atoms with E-state index in [1.807, 2.05) is 23.9 Å². The maximum atomic E-state index is 11.9. The van der Waals surface area contributed by atoms with Crippen molar-refractivity contribution < 1.29 is 9.59 Å². The molecule has 0 saturated heterocycles. The van der Waals surface area contributed by atoms with Crippen LogP contribution in [0.2, 0.25) is 0 Å². The lowest BCUT2D eigenvalue weighted by Crippen LogP contribution is -2.23. The number of amides is 1. The van der Waals surface area contributed by atoms with E-state index in [2.05, 4.69) is 5.32 Å². The molecule has 4 nitrogen and oxygen atoms in total. The molecule has 1 aliphatic carbocycles. The van der Waals surface area contributed by atoms with Gasteiger partial charge in [0.1, 0.15) is 0 Å². The highest BCUT2D eigenvalue weighted by Gasteiger charge is 2.17. The quantitative estimate of drug-likeness (QED) is 0.828. The molecule has 1 aromatic heterocycles. The highest BCUT2D eigenvalue weighted by molar-refractivity contribution is 5.97. The van der Waals surface area contributed by atoms with Gasteiger partial charge < -0.3 is 9.88 Å². The topological polar surface area (TPSA) is 51.1 Å². The smallest absolute Gasteiger partial charge is 0.221 e. The Morgan fingerprint density at radius 3 is 2.89 bits per heavy atom. The normalized spacial score (nSPS) is 15.1. The molecule has 0 fully saturated rings. The van der Waals surface area contributed by atoms with Gasteiger partial charge in [0, 0.05) is 43.9 Å². The van der Waals surface area contributed by atoms with Gasteiger partial charge >= 0.3 is 0 Å². The summed E-state index contributed by atoms with van der Waals surface area (Å²) in [7, 11) is 0. The standard InChI is InChI=1S/C14H20N2O2/c1-2-15-14(18)7-8-16-9-11-5-3-4-6-13(17)12(11)10-16/h9-10H,2-8H2,1H3,(H,15,18). The summed E-state index contributed by atoms with van der Waals surface area (Å²) in [6, 6.07) is 0. The third-order valence-corrected chi connectivity index (χ3v) is 3.33. The van der Waals surface area contributed by atoms with Crippen LogP contribution in [0.15, 0.2) is 12.4 Å². The summed E-state index contributed by atoms with van der Waals surface area (Å²) < 4.78 is 1.98. The Bertz CT molecular complexity index is 449. The van der Waals surface area contributed by atoms with E-state index >= 15 is 0 Å². The third kappa shape index (κ3) is 3.00. The molecule has 0 atom stereocenters. The van der Waals surface area contributed by atoms with Crippen molar-refractivity contribution >= 4 is 11.7 Å². The molecule has 1 amide bonds. The first-order chi connectivity index (χ1) is 8.70. The predicted molar refractivity (Wildman–Crippen MR) is 69.6 cm³/mol. The van der Waals surface area contributed by atoms with E-state index in [-0.39, 0.29) is 11.7 Å². The van der Waals surface area contributed by atoms with Crippen LogP contribution in [-0.2, 0) is 17.8 Å². The summed E-state index contributed by atoms with van der Waals surface area (Å²) >= 11 is 0. The molecule has 2 rings (SSSR count). The van der Waals surface area contributed by atoms with Crippen LogP contribution in [0.1, 0.15) is 48.5 Å². The van der Waals surface area contributed by atoms with E-state index in [1.165, 1.54) is 0 Å². The molecule has 0 saturated carbocycles. The number of hydrogen-bond donors (Lipinski definition) is 1. The van der Waals surface area contributed by atoms with Crippen molar-refractivity contribution in [3.8, 4) is 0 Å². The van der Waals surface area contributed by atoms with Crippen LogP contribution in [0.5, 0.6) is 0 Å². The average molecular weight is 248 g/mol. The molecule has 4 heteroatoms. The zero-order valence-electron chi connectivity index (χ0n) is 10.9. The lowest BCUT2D eigenvalue weighted by molar-refractivity contribution is -0.121. The van der Waals surface area contributed by atoms with Gasteiger partial charge in [-0.2, -0.15) is 0 Å². The minimum absolute atomic E-state index is 0.0627. The number of ketones is 1. The van der Waals surface area contributed by atoms with Gasteiger partial charge in [0.25, 0.3) is 0 Å². The highest BCUT2D eigenvalue weighted by atomic mass is 16.1. The van der Waals surface area contributed by atoms with Gasteiger partial charge in [-0.25, -0.2) is 0 Å². The minimum atomic E-state index is 0.0627. The maximum absolute atomic E-state index is 11.9. The largest absolute Gasteiger partial charge is 0.356 e. The molecule has 1 aromatic rings. The third-order valence-electron chi connectivity index (χ3n) is 3.33. The Labute approximate surface area is 107 Å². The molecule has 1 heterocycles. The Morgan fingerprint density at radius 1 is 1.33 bits per heavy atom. The van der Waals surface area contributed by atoms with Gasteiger partial charge in [-0.05, 0) is 31.7 Å². The molecule has 0 radical (unpaired) electrons. The second kappa shape index (κ2) is 5.85. The fourth-order valence-corrected chi connectivity index (χ4v) is 2.39. The molecule has 0 aromatic carbocycles. The fourth-order valence-electron chi connectivity index (χ4n) is 2.39. The number of carbonyl (C=O) groups is 2. The number of aromatic nitrogens is 1. The van der Waals surface area contributed by atoms with Crippen molar-refractivity contribution in [2.24, 2.45) is 0 Å². The lowest BCUT2D eigenvalue weighted by Gasteiger charge is -2.03. The number of fused-ring (bicyclic) bond motifs is 1. The van der Waals surface area contributed by atoms with Gasteiger partial charge in [-0.1, -0.05) is 0 Å². The van der Waals surface area contributed by atoms with Crippen molar-refractivity contribution in [2.45, 2.75) is 45.6 Å². The Hall–Kier alpha value is -1.58. The number of nitrogens with one attached hydrogen (secondary N) is 1. The van der Waals surface area contributed by atoms with Gasteiger partial charge in [0.15, 0.2) is 5.78 Å². The summed E-state index contributed by atoms with van der Waals surface area (Å²) in [6.45, 7) is 3.22. The van der Waals surface area contributed by atoms with Crippen molar-refractivity contribution in [1.29, 1.82) is 0 Å². The number of aryl methyl sites for hydroxylation is 2. The summed E-state index contributed by atoms with van der Waals surface area (Å²) in [5.41, 5.74) is 2.01. The molecule has 1 N–H and O–H groups in total. The van der Waals surface area contributed by atoms with Crippen molar-refractivity contribution in [3.63, 3.8) is 0 Å². The number of hydrogen-bond acceptors (Lipinski definition) is 2. The molecule has 98 valence electrons. The van der Waals surface area contributed by atoms with Crippen molar-refractivity contribution in [3.05, 3.63) is 23.5 Å². The second-order valence-electron chi connectivity index (χ2n) is 4.77. The summed E-state index contributed by atoms with van der Waals surface area (Å²) in [5, 5.41) is 2.78. The van der Waals surface area contributed by atoms with Crippen LogP contribution >= 0.6 is 0 Å². The summed E-state index contributed by atoms with van der Waals surface area (Å²) in [4.78, 5) is 23.3. The van der Waals surface area contributed by atoms with Crippen molar-refractivity contribution in [1.82, 2.24) is 9.88 Å². The fraction of sp³-hybridized carbons (Fsp3) is 0.571. The Balaban J connectivity index is 2.01. The molecule has 0 aliphatic heterocycles. The first-order valence-corrected chi connectivity index (χ1v) is 6.69. The van der Waals surface area contributed by atoms with E-state index in [0.717, 1.165) is 30.4 Å². The van der Waals surface area contributed by atoms with Crippen LogP contribution in [0.4, 0.5) is 0 Å². The molecule has 0 bridgehead atoms. The molecular weight excluding hydrogens is 228 g/mol.